The monoisotopic (exact) mass is 163 g/mol. The van der Waals surface area contributed by atoms with E-state index in [0.717, 1.165) is 24.8 Å². The van der Waals surface area contributed by atoms with Gasteiger partial charge in [0.05, 0.1) is 5.60 Å². The van der Waals surface area contributed by atoms with E-state index in [1.807, 2.05) is 13.0 Å². The molecule has 1 unspecified atom stereocenters. The molecule has 1 N–H and O–H groups in total. The van der Waals surface area contributed by atoms with E-state index >= 15 is 0 Å². The van der Waals surface area contributed by atoms with Crippen molar-refractivity contribution in [2.75, 3.05) is 0 Å². The minimum atomic E-state index is -0.594. The summed E-state index contributed by atoms with van der Waals surface area (Å²) in [6, 6.07) is 2.00. The molecule has 0 amide bonds. The van der Waals surface area contributed by atoms with Gasteiger partial charge in [0.15, 0.2) is 0 Å². The van der Waals surface area contributed by atoms with E-state index in [4.69, 9.17) is 0 Å². The molecule has 0 bridgehead atoms. The summed E-state index contributed by atoms with van der Waals surface area (Å²) in [5.41, 5.74) is 1.70. The van der Waals surface area contributed by atoms with Gasteiger partial charge in [-0.15, -0.1) is 0 Å². The van der Waals surface area contributed by atoms with E-state index in [1.54, 1.807) is 12.4 Å². The van der Waals surface area contributed by atoms with Crippen molar-refractivity contribution in [3.05, 3.63) is 29.6 Å². The molecule has 1 aliphatic rings. The SMILES string of the molecule is CCC1(O)CCc2ccncc21. The molecule has 0 saturated heterocycles. The Kier molecular flexibility index (Phi) is 1.65. The van der Waals surface area contributed by atoms with Gasteiger partial charge in [-0.25, -0.2) is 0 Å². The number of nitrogens with zero attached hydrogens (tertiary/aromatic N) is 1. The standard InChI is InChI=1S/C10H13NO/c1-2-10(12)5-3-8-4-6-11-7-9(8)10/h4,6-7,12H,2-3,5H2,1H3. The summed E-state index contributed by atoms with van der Waals surface area (Å²) in [6.45, 7) is 2.02. The van der Waals surface area contributed by atoms with Gasteiger partial charge in [-0.2, -0.15) is 0 Å². The molecule has 1 atom stereocenters. The van der Waals surface area contributed by atoms with Crippen LogP contribution in [0.4, 0.5) is 0 Å². The van der Waals surface area contributed by atoms with Crippen LogP contribution in [0.3, 0.4) is 0 Å². The van der Waals surface area contributed by atoms with Crippen LogP contribution >= 0.6 is 0 Å². The minimum absolute atomic E-state index is 0.594. The van der Waals surface area contributed by atoms with Crippen LogP contribution in [0.1, 0.15) is 30.9 Å². The normalized spacial score (nSPS) is 27.2. The zero-order valence-corrected chi connectivity index (χ0v) is 7.25. The van der Waals surface area contributed by atoms with Gasteiger partial charge < -0.3 is 5.11 Å². The van der Waals surface area contributed by atoms with Crippen LogP contribution in [0.25, 0.3) is 0 Å². The highest BCUT2D eigenvalue weighted by atomic mass is 16.3. The Morgan fingerprint density at radius 1 is 1.67 bits per heavy atom. The van der Waals surface area contributed by atoms with E-state index in [9.17, 15) is 5.11 Å². The number of fused-ring (bicyclic) bond motifs is 1. The molecular formula is C10H13NO. The molecule has 0 saturated carbocycles. The average Bonchev–Trinajstić information content (AvgIpc) is 2.46. The highest BCUT2D eigenvalue weighted by Crippen LogP contribution is 2.38. The first kappa shape index (κ1) is 7.74. The Morgan fingerprint density at radius 2 is 2.50 bits per heavy atom. The fraction of sp³-hybridized carbons (Fsp3) is 0.500. The molecule has 0 spiro atoms. The van der Waals surface area contributed by atoms with Crippen molar-refractivity contribution in [2.24, 2.45) is 0 Å². The Morgan fingerprint density at radius 3 is 3.25 bits per heavy atom. The third-order valence-corrected chi connectivity index (χ3v) is 2.81. The molecule has 2 nitrogen and oxygen atoms in total. The van der Waals surface area contributed by atoms with Crippen LogP contribution < -0.4 is 0 Å². The van der Waals surface area contributed by atoms with E-state index in [0.29, 0.717) is 0 Å². The number of aliphatic hydroxyl groups is 1. The number of aryl methyl sites for hydroxylation is 1. The Bertz CT molecular complexity index is 298. The maximum absolute atomic E-state index is 10.1. The smallest absolute Gasteiger partial charge is 0.0914 e. The second-order valence-electron chi connectivity index (χ2n) is 3.42. The van der Waals surface area contributed by atoms with Crippen LogP contribution in [-0.2, 0) is 12.0 Å². The van der Waals surface area contributed by atoms with Crippen molar-refractivity contribution >= 4 is 0 Å². The Hall–Kier alpha value is -0.890. The predicted octanol–water partition coefficient (Wildman–Crippen LogP) is 1.63. The number of pyridine rings is 1. The lowest BCUT2D eigenvalue weighted by Crippen LogP contribution is -2.20. The molecular weight excluding hydrogens is 150 g/mol. The molecule has 1 heterocycles. The molecule has 64 valence electrons. The summed E-state index contributed by atoms with van der Waals surface area (Å²) >= 11 is 0. The minimum Gasteiger partial charge on any atom is -0.385 e. The molecule has 12 heavy (non-hydrogen) atoms. The Balaban J connectivity index is 2.49. The summed E-state index contributed by atoms with van der Waals surface area (Å²) in [4.78, 5) is 4.04. The first-order valence-corrected chi connectivity index (χ1v) is 4.42. The molecule has 1 aromatic rings. The molecule has 2 heteroatoms. The quantitative estimate of drug-likeness (QED) is 0.682. The van der Waals surface area contributed by atoms with Gasteiger partial charge in [0.2, 0.25) is 0 Å². The van der Waals surface area contributed by atoms with Crippen molar-refractivity contribution in [1.82, 2.24) is 4.98 Å². The van der Waals surface area contributed by atoms with Gasteiger partial charge in [-0.3, -0.25) is 4.98 Å². The molecule has 0 radical (unpaired) electrons. The van der Waals surface area contributed by atoms with Gasteiger partial charge in [0.1, 0.15) is 0 Å². The average molecular weight is 163 g/mol. The second kappa shape index (κ2) is 2.56. The molecule has 0 aromatic carbocycles. The lowest BCUT2D eigenvalue weighted by atomic mass is 9.95. The molecule has 0 fully saturated rings. The van der Waals surface area contributed by atoms with Crippen LogP contribution in [-0.4, -0.2) is 10.1 Å². The summed E-state index contributed by atoms with van der Waals surface area (Å²) in [5.74, 6) is 0. The van der Waals surface area contributed by atoms with Crippen LogP contribution in [0, 0.1) is 0 Å². The number of hydrogen-bond acceptors (Lipinski definition) is 2. The number of rotatable bonds is 1. The van der Waals surface area contributed by atoms with E-state index < -0.39 is 5.60 Å². The fourth-order valence-corrected chi connectivity index (χ4v) is 1.90. The highest BCUT2D eigenvalue weighted by molar-refractivity contribution is 5.34. The van der Waals surface area contributed by atoms with E-state index in [-0.39, 0.29) is 0 Å². The van der Waals surface area contributed by atoms with Crippen LogP contribution in [0.15, 0.2) is 18.5 Å². The topological polar surface area (TPSA) is 33.1 Å². The largest absolute Gasteiger partial charge is 0.385 e. The predicted molar refractivity (Wildman–Crippen MR) is 46.7 cm³/mol. The Labute approximate surface area is 72.3 Å². The van der Waals surface area contributed by atoms with Gasteiger partial charge in [-0.1, -0.05) is 6.92 Å². The van der Waals surface area contributed by atoms with Crippen molar-refractivity contribution in [2.45, 2.75) is 31.8 Å². The number of hydrogen-bond donors (Lipinski definition) is 1. The zero-order chi connectivity index (χ0) is 8.60. The van der Waals surface area contributed by atoms with Crippen molar-refractivity contribution in [3.8, 4) is 0 Å². The maximum atomic E-state index is 10.1. The van der Waals surface area contributed by atoms with Crippen molar-refractivity contribution in [3.63, 3.8) is 0 Å². The highest BCUT2D eigenvalue weighted by Gasteiger charge is 2.34. The third kappa shape index (κ3) is 0.950. The summed E-state index contributed by atoms with van der Waals surface area (Å²) < 4.78 is 0. The third-order valence-electron chi connectivity index (χ3n) is 2.81. The summed E-state index contributed by atoms with van der Waals surface area (Å²) in [6.07, 6.45) is 6.21. The second-order valence-corrected chi connectivity index (χ2v) is 3.42. The van der Waals surface area contributed by atoms with Crippen molar-refractivity contribution in [1.29, 1.82) is 0 Å². The molecule has 0 aliphatic heterocycles. The van der Waals surface area contributed by atoms with Crippen LogP contribution in [0.2, 0.25) is 0 Å². The number of aromatic nitrogens is 1. The lowest BCUT2D eigenvalue weighted by molar-refractivity contribution is 0.0343. The van der Waals surface area contributed by atoms with Crippen LogP contribution in [0.5, 0.6) is 0 Å². The van der Waals surface area contributed by atoms with Gasteiger partial charge >= 0.3 is 0 Å². The molecule has 2 rings (SSSR count). The molecule has 1 aliphatic carbocycles. The first-order valence-electron chi connectivity index (χ1n) is 4.42. The van der Waals surface area contributed by atoms with Crippen molar-refractivity contribution < 1.29 is 5.11 Å². The fourth-order valence-electron chi connectivity index (χ4n) is 1.90. The lowest BCUT2D eigenvalue weighted by Gasteiger charge is -2.20. The summed E-state index contributed by atoms with van der Waals surface area (Å²) in [7, 11) is 0. The van der Waals surface area contributed by atoms with Gasteiger partial charge in [0.25, 0.3) is 0 Å². The van der Waals surface area contributed by atoms with E-state index in [2.05, 4.69) is 4.98 Å². The maximum Gasteiger partial charge on any atom is 0.0914 e. The summed E-state index contributed by atoms with van der Waals surface area (Å²) in [5, 5.41) is 10.1. The van der Waals surface area contributed by atoms with E-state index in [1.165, 1.54) is 5.56 Å². The zero-order valence-electron chi connectivity index (χ0n) is 7.25. The first-order chi connectivity index (χ1) is 5.76. The van der Waals surface area contributed by atoms with Gasteiger partial charge in [0, 0.05) is 18.0 Å². The molecule has 1 aromatic heterocycles. The van der Waals surface area contributed by atoms with Gasteiger partial charge in [-0.05, 0) is 30.9 Å².